The summed E-state index contributed by atoms with van der Waals surface area (Å²) in [6.07, 6.45) is 4.55. The minimum atomic E-state index is -0.0835. The van der Waals surface area contributed by atoms with Crippen molar-refractivity contribution in [2.24, 2.45) is 5.92 Å². The number of carbonyl (C=O) groups excluding carboxylic acids is 1. The van der Waals surface area contributed by atoms with Crippen molar-refractivity contribution in [2.45, 2.75) is 45.6 Å². The summed E-state index contributed by atoms with van der Waals surface area (Å²) in [7, 11) is 0. The minimum Gasteiger partial charge on any atom is -0.493 e. The number of nitrogens with one attached hydrogen (secondary N) is 1. The van der Waals surface area contributed by atoms with Crippen molar-refractivity contribution >= 4 is 11.6 Å². The molecule has 20 heavy (non-hydrogen) atoms. The van der Waals surface area contributed by atoms with Gasteiger partial charge >= 0.3 is 0 Å². The highest BCUT2D eigenvalue weighted by Crippen LogP contribution is 2.25. The second-order valence-electron chi connectivity index (χ2n) is 5.63. The topological polar surface area (TPSA) is 64.3 Å². The second-order valence-corrected chi connectivity index (χ2v) is 5.63. The second kappa shape index (κ2) is 6.64. The fraction of sp³-hybridized carbons (Fsp3) is 0.562. The third kappa shape index (κ3) is 3.65. The van der Waals surface area contributed by atoms with Gasteiger partial charge < -0.3 is 15.8 Å². The normalized spacial score (nSPS) is 22.3. The van der Waals surface area contributed by atoms with Gasteiger partial charge in [0, 0.05) is 11.7 Å². The Hall–Kier alpha value is -1.71. The van der Waals surface area contributed by atoms with Crippen LogP contribution in [0, 0.1) is 5.92 Å². The molecule has 0 saturated heterocycles. The Morgan fingerprint density at radius 2 is 2.25 bits per heavy atom. The number of hydrogen-bond acceptors (Lipinski definition) is 3. The zero-order valence-corrected chi connectivity index (χ0v) is 12.3. The lowest BCUT2D eigenvalue weighted by Gasteiger charge is -2.27. The minimum absolute atomic E-state index is 0.0835. The van der Waals surface area contributed by atoms with E-state index in [1.807, 2.05) is 6.92 Å². The molecule has 0 bridgehead atoms. The first-order chi connectivity index (χ1) is 9.60. The van der Waals surface area contributed by atoms with Crippen LogP contribution in [0.5, 0.6) is 5.75 Å². The zero-order valence-electron chi connectivity index (χ0n) is 12.3. The van der Waals surface area contributed by atoms with Crippen molar-refractivity contribution < 1.29 is 9.53 Å². The molecule has 1 aliphatic carbocycles. The summed E-state index contributed by atoms with van der Waals surface area (Å²) in [5, 5.41) is 3.12. The van der Waals surface area contributed by atoms with E-state index in [0.29, 0.717) is 29.5 Å². The van der Waals surface area contributed by atoms with Gasteiger partial charge in [0.05, 0.1) is 12.2 Å². The van der Waals surface area contributed by atoms with Gasteiger partial charge in [-0.15, -0.1) is 0 Å². The van der Waals surface area contributed by atoms with E-state index < -0.39 is 0 Å². The highest BCUT2D eigenvalue weighted by molar-refractivity contribution is 5.98. The largest absolute Gasteiger partial charge is 0.493 e. The Bertz CT molecular complexity index is 474. The molecule has 0 heterocycles. The number of amides is 1. The predicted octanol–water partition coefficient (Wildman–Crippen LogP) is 2.98. The van der Waals surface area contributed by atoms with Crippen LogP contribution in [0.3, 0.4) is 0 Å². The molecule has 4 nitrogen and oxygen atoms in total. The molecular weight excluding hydrogens is 252 g/mol. The molecule has 0 unspecified atom stereocenters. The van der Waals surface area contributed by atoms with Crippen LogP contribution < -0.4 is 15.8 Å². The van der Waals surface area contributed by atoms with Crippen molar-refractivity contribution in [3.05, 3.63) is 23.8 Å². The van der Waals surface area contributed by atoms with Gasteiger partial charge in [-0.05, 0) is 43.9 Å². The van der Waals surface area contributed by atoms with Crippen molar-refractivity contribution in [1.29, 1.82) is 0 Å². The molecule has 1 aromatic carbocycles. The van der Waals surface area contributed by atoms with Crippen LogP contribution in [0.1, 0.15) is 49.9 Å². The maximum atomic E-state index is 12.4. The summed E-state index contributed by atoms with van der Waals surface area (Å²) < 4.78 is 5.51. The molecule has 1 aliphatic rings. The van der Waals surface area contributed by atoms with Crippen LogP contribution in [0.2, 0.25) is 0 Å². The van der Waals surface area contributed by atoms with Crippen LogP contribution in [0.4, 0.5) is 5.69 Å². The number of nitrogen functional groups attached to an aromatic ring is 1. The van der Waals surface area contributed by atoms with Crippen molar-refractivity contribution in [3.8, 4) is 5.75 Å². The molecule has 4 heteroatoms. The first-order valence-corrected chi connectivity index (χ1v) is 7.43. The summed E-state index contributed by atoms with van der Waals surface area (Å²) in [6.45, 7) is 4.68. The van der Waals surface area contributed by atoms with E-state index >= 15 is 0 Å². The van der Waals surface area contributed by atoms with Gasteiger partial charge in [-0.2, -0.15) is 0 Å². The first-order valence-electron chi connectivity index (χ1n) is 7.43. The number of nitrogens with two attached hydrogens (primary N) is 1. The summed E-state index contributed by atoms with van der Waals surface area (Å²) in [5.41, 5.74) is 6.89. The average Bonchev–Trinajstić information content (AvgIpc) is 2.41. The Morgan fingerprint density at radius 1 is 1.45 bits per heavy atom. The van der Waals surface area contributed by atoms with Gasteiger partial charge in [0.25, 0.3) is 5.91 Å². The fourth-order valence-corrected chi connectivity index (χ4v) is 2.83. The molecule has 1 amide bonds. The maximum Gasteiger partial charge on any atom is 0.255 e. The third-order valence-electron chi connectivity index (χ3n) is 3.82. The van der Waals surface area contributed by atoms with Crippen molar-refractivity contribution in [1.82, 2.24) is 5.32 Å². The Labute approximate surface area is 120 Å². The molecule has 1 saturated carbocycles. The molecule has 0 aromatic heterocycles. The highest BCUT2D eigenvalue weighted by Gasteiger charge is 2.22. The fourth-order valence-electron chi connectivity index (χ4n) is 2.83. The Morgan fingerprint density at radius 3 is 2.95 bits per heavy atom. The number of rotatable bonds is 4. The van der Waals surface area contributed by atoms with Gasteiger partial charge in [0.15, 0.2) is 0 Å². The lowest BCUT2D eigenvalue weighted by molar-refractivity contribution is 0.0917. The summed E-state index contributed by atoms with van der Waals surface area (Å²) in [5.74, 6) is 1.20. The van der Waals surface area contributed by atoms with Gasteiger partial charge in [-0.25, -0.2) is 0 Å². The lowest BCUT2D eigenvalue weighted by atomic mass is 9.87. The molecule has 3 N–H and O–H groups in total. The molecule has 110 valence electrons. The van der Waals surface area contributed by atoms with Gasteiger partial charge in [-0.1, -0.05) is 19.8 Å². The van der Waals surface area contributed by atoms with Crippen LogP contribution >= 0.6 is 0 Å². The SMILES string of the molecule is CCOc1ccc(N)cc1C(=O)N[C@H]1CCC[C@@H](C)C1. The zero-order chi connectivity index (χ0) is 14.5. The van der Waals surface area contributed by atoms with Gasteiger partial charge in [-0.3, -0.25) is 4.79 Å². The summed E-state index contributed by atoms with van der Waals surface area (Å²) in [4.78, 5) is 12.4. The Balaban J connectivity index is 2.09. The van der Waals surface area contributed by atoms with Gasteiger partial charge in [0.1, 0.15) is 5.75 Å². The number of carbonyl (C=O) groups is 1. The molecule has 1 fully saturated rings. The highest BCUT2D eigenvalue weighted by atomic mass is 16.5. The summed E-state index contributed by atoms with van der Waals surface area (Å²) >= 11 is 0. The van der Waals surface area contributed by atoms with E-state index in [2.05, 4.69) is 12.2 Å². The number of benzene rings is 1. The quantitative estimate of drug-likeness (QED) is 0.831. The number of anilines is 1. The standard InChI is InChI=1S/C16H24N2O2/c1-3-20-15-8-7-12(17)10-14(15)16(19)18-13-6-4-5-11(2)9-13/h7-8,10-11,13H,3-6,9,17H2,1-2H3,(H,18,19)/t11-,13+/m1/s1. The number of hydrogen-bond donors (Lipinski definition) is 2. The van der Waals surface area contributed by atoms with E-state index in [4.69, 9.17) is 10.5 Å². The van der Waals surface area contributed by atoms with Crippen LogP contribution in [-0.2, 0) is 0 Å². The van der Waals surface area contributed by atoms with Crippen LogP contribution in [0.25, 0.3) is 0 Å². The van der Waals surface area contributed by atoms with Gasteiger partial charge in [0.2, 0.25) is 0 Å². The first kappa shape index (κ1) is 14.7. The predicted molar refractivity (Wildman–Crippen MR) is 80.9 cm³/mol. The smallest absolute Gasteiger partial charge is 0.255 e. The third-order valence-corrected chi connectivity index (χ3v) is 3.82. The monoisotopic (exact) mass is 276 g/mol. The molecule has 1 aromatic rings. The average molecular weight is 276 g/mol. The van der Waals surface area contributed by atoms with E-state index in [0.717, 1.165) is 12.8 Å². The van der Waals surface area contributed by atoms with Crippen molar-refractivity contribution in [3.63, 3.8) is 0 Å². The molecule has 0 aliphatic heterocycles. The van der Waals surface area contributed by atoms with Crippen LogP contribution in [-0.4, -0.2) is 18.6 Å². The molecule has 0 spiro atoms. The number of ether oxygens (including phenoxy) is 1. The van der Waals surface area contributed by atoms with E-state index in [1.165, 1.54) is 12.8 Å². The van der Waals surface area contributed by atoms with Crippen LogP contribution in [0.15, 0.2) is 18.2 Å². The molecule has 2 rings (SSSR count). The molecule has 2 atom stereocenters. The maximum absolute atomic E-state index is 12.4. The summed E-state index contributed by atoms with van der Waals surface area (Å²) in [6, 6.07) is 5.47. The van der Waals surface area contributed by atoms with E-state index in [-0.39, 0.29) is 11.9 Å². The van der Waals surface area contributed by atoms with E-state index in [9.17, 15) is 4.79 Å². The Kier molecular flexibility index (Phi) is 4.88. The molecular formula is C16H24N2O2. The van der Waals surface area contributed by atoms with E-state index in [1.54, 1.807) is 18.2 Å². The lowest BCUT2D eigenvalue weighted by Crippen LogP contribution is -2.38. The van der Waals surface area contributed by atoms with Crippen molar-refractivity contribution in [2.75, 3.05) is 12.3 Å². The molecule has 0 radical (unpaired) electrons.